The molecule has 0 aliphatic carbocycles. The van der Waals surface area contributed by atoms with Crippen molar-refractivity contribution in [3.8, 4) is 0 Å². The first-order chi connectivity index (χ1) is 9.90. The first-order valence-corrected chi connectivity index (χ1v) is 6.10. The number of hydrogen-bond donors (Lipinski definition) is 1. The molecule has 0 bridgehead atoms. The molecule has 1 aromatic carbocycles. The number of rotatable bonds is 4. The van der Waals surface area contributed by atoms with Crippen molar-refractivity contribution in [3.63, 3.8) is 0 Å². The SMILES string of the molecule is Cc1nn(C)c(C(=O)NCc2ccc(F)cc2)c1[N+](=O)[O-]. The lowest BCUT2D eigenvalue weighted by Gasteiger charge is -2.05. The first-order valence-electron chi connectivity index (χ1n) is 6.10. The van der Waals surface area contributed by atoms with Crippen molar-refractivity contribution >= 4 is 11.6 Å². The number of aromatic nitrogens is 2. The highest BCUT2D eigenvalue weighted by Crippen LogP contribution is 2.22. The molecule has 0 unspecified atom stereocenters. The molecule has 0 fully saturated rings. The molecule has 1 heterocycles. The number of halogens is 1. The second-order valence-corrected chi connectivity index (χ2v) is 4.47. The molecule has 2 rings (SSSR count). The number of nitrogens with zero attached hydrogens (tertiary/aromatic N) is 3. The summed E-state index contributed by atoms with van der Waals surface area (Å²) in [6.07, 6.45) is 0. The van der Waals surface area contributed by atoms with E-state index >= 15 is 0 Å². The second-order valence-electron chi connectivity index (χ2n) is 4.47. The van der Waals surface area contributed by atoms with Gasteiger partial charge < -0.3 is 5.32 Å². The summed E-state index contributed by atoms with van der Waals surface area (Å²) in [5, 5.41) is 17.4. The summed E-state index contributed by atoms with van der Waals surface area (Å²) in [6.45, 7) is 1.61. The third-order valence-electron chi connectivity index (χ3n) is 2.95. The molecule has 1 amide bonds. The normalized spacial score (nSPS) is 10.4. The number of carbonyl (C=O) groups is 1. The van der Waals surface area contributed by atoms with Crippen molar-refractivity contribution in [2.75, 3.05) is 0 Å². The molecular formula is C13H13FN4O3. The molecule has 0 saturated heterocycles. The minimum atomic E-state index is -0.630. The van der Waals surface area contributed by atoms with Crippen LogP contribution >= 0.6 is 0 Å². The van der Waals surface area contributed by atoms with Gasteiger partial charge in [-0.2, -0.15) is 5.10 Å². The molecule has 7 nitrogen and oxygen atoms in total. The monoisotopic (exact) mass is 292 g/mol. The Morgan fingerprint density at radius 3 is 2.62 bits per heavy atom. The zero-order chi connectivity index (χ0) is 15.6. The second kappa shape index (κ2) is 5.70. The van der Waals surface area contributed by atoms with Crippen LogP contribution in [-0.4, -0.2) is 20.6 Å². The van der Waals surface area contributed by atoms with E-state index in [1.54, 1.807) is 0 Å². The Balaban J connectivity index is 2.17. The summed E-state index contributed by atoms with van der Waals surface area (Å²) in [6, 6.07) is 5.60. The molecule has 110 valence electrons. The van der Waals surface area contributed by atoms with E-state index in [1.165, 1.54) is 42.9 Å². The summed E-state index contributed by atoms with van der Waals surface area (Å²) in [7, 11) is 1.47. The standard InChI is InChI=1S/C13H13FN4O3/c1-8-11(18(20)21)12(17(2)16-8)13(19)15-7-9-3-5-10(14)6-4-9/h3-6H,7H2,1-2H3,(H,15,19). The number of benzene rings is 1. The van der Waals surface area contributed by atoms with E-state index in [1.807, 2.05) is 0 Å². The number of aryl methyl sites for hydroxylation is 2. The van der Waals surface area contributed by atoms with Crippen LogP contribution in [0.1, 0.15) is 21.7 Å². The minimum absolute atomic E-state index is 0.111. The van der Waals surface area contributed by atoms with Gasteiger partial charge in [0.15, 0.2) is 0 Å². The fourth-order valence-electron chi connectivity index (χ4n) is 1.99. The van der Waals surface area contributed by atoms with Gasteiger partial charge in [-0.25, -0.2) is 4.39 Å². The van der Waals surface area contributed by atoms with Crippen LogP contribution in [0, 0.1) is 22.9 Å². The zero-order valence-electron chi connectivity index (χ0n) is 11.5. The van der Waals surface area contributed by atoms with Crippen LogP contribution in [0.2, 0.25) is 0 Å². The zero-order valence-corrected chi connectivity index (χ0v) is 11.5. The third kappa shape index (κ3) is 3.04. The van der Waals surface area contributed by atoms with Crippen molar-refractivity contribution in [3.05, 3.63) is 57.1 Å². The molecule has 0 radical (unpaired) electrons. The quantitative estimate of drug-likeness (QED) is 0.686. The van der Waals surface area contributed by atoms with Crippen molar-refractivity contribution in [2.24, 2.45) is 7.05 Å². The largest absolute Gasteiger partial charge is 0.346 e. The van der Waals surface area contributed by atoms with Crippen LogP contribution in [-0.2, 0) is 13.6 Å². The lowest BCUT2D eigenvalue weighted by atomic mass is 10.2. The molecule has 21 heavy (non-hydrogen) atoms. The van der Waals surface area contributed by atoms with Gasteiger partial charge >= 0.3 is 5.69 Å². The van der Waals surface area contributed by atoms with Gasteiger partial charge in [-0.3, -0.25) is 19.6 Å². The van der Waals surface area contributed by atoms with Crippen molar-refractivity contribution < 1.29 is 14.1 Å². The summed E-state index contributed by atoms with van der Waals surface area (Å²) >= 11 is 0. The molecule has 1 N–H and O–H groups in total. The van der Waals surface area contributed by atoms with E-state index < -0.39 is 10.8 Å². The van der Waals surface area contributed by atoms with E-state index in [9.17, 15) is 19.3 Å². The fourth-order valence-corrected chi connectivity index (χ4v) is 1.99. The third-order valence-corrected chi connectivity index (χ3v) is 2.95. The maximum atomic E-state index is 12.8. The highest BCUT2D eigenvalue weighted by atomic mass is 19.1. The Morgan fingerprint density at radius 1 is 1.43 bits per heavy atom. The van der Waals surface area contributed by atoms with Gasteiger partial charge in [0.2, 0.25) is 5.69 Å². The molecular weight excluding hydrogens is 279 g/mol. The maximum absolute atomic E-state index is 12.8. The van der Waals surface area contributed by atoms with E-state index in [-0.39, 0.29) is 29.4 Å². The molecule has 0 spiro atoms. The van der Waals surface area contributed by atoms with Gasteiger partial charge in [-0.15, -0.1) is 0 Å². The average molecular weight is 292 g/mol. The average Bonchev–Trinajstić information content (AvgIpc) is 2.72. The van der Waals surface area contributed by atoms with Crippen LogP contribution in [0.5, 0.6) is 0 Å². The van der Waals surface area contributed by atoms with E-state index in [2.05, 4.69) is 10.4 Å². The number of amides is 1. The Hall–Kier alpha value is -2.77. The lowest BCUT2D eigenvalue weighted by molar-refractivity contribution is -0.385. The fraction of sp³-hybridized carbons (Fsp3) is 0.231. The number of nitrogens with one attached hydrogen (secondary N) is 1. The van der Waals surface area contributed by atoms with Crippen LogP contribution in [0.15, 0.2) is 24.3 Å². The highest BCUT2D eigenvalue weighted by Gasteiger charge is 2.28. The van der Waals surface area contributed by atoms with Gasteiger partial charge in [0.1, 0.15) is 11.5 Å². The summed E-state index contributed by atoms with van der Waals surface area (Å²) < 4.78 is 13.9. The number of carbonyl (C=O) groups excluding carboxylic acids is 1. The summed E-state index contributed by atoms with van der Waals surface area (Å²) in [5.74, 6) is -0.975. The Kier molecular flexibility index (Phi) is 3.97. The first kappa shape index (κ1) is 14.6. The van der Waals surface area contributed by atoms with Gasteiger partial charge in [0, 0.05) is 13.6 Å². The van der Waals surface area contributed by atoms with Crippen molar-refractivity contribution in [1.82, 2.24) is 15.1 Å². The minimum Gasteiger partial charge on any atom is -0.346 e. The smallest absolute Gasteiger partial charge is 0.322 e. The lowest BCUT2D eigenvalue weighted by Crippen LogP contribution is -2.26. The predicted molar refractivity (Wildman–Crippen MR) is 72.2 cm³/mol. The molecule has 8 heteroatoms. The Bertz CT molecular complexity index is 694. The van der Waals surface area contributed by atoms with E-state index in [0.717, 1.165) is 0 Å². The Labute approximate surface area is 119 Å². The molecule has 0 aliphatic rings. The van der Waals surface area contributed by atoms with Crippen molar-refractivity contribution in [1.29, 1.82) is 0 Å². The molecule has 0 atom stereocenters. The van der Waals surface area contributed by atoms with Crippen LogP contribution in [0.3, 0.4) is 0 Å². The molecule has 2 aromatic rings. The number of hydrogen-bond acceptors (Lipinski definition) is 4. The summed E-state index contributed by atoms with van der Waals surface area (Å²) in [5.41, 5.74) is 0.439. The van der Waals surface area contributed by atoms with Crippen LogP contribution in [0.25, 0.3) is 0 Å². The van der Waals surface area contributed by atoms with Gasteiger partial charge in [0.05, 0.1) is 4.92 Å². The van der Waals surface area contributed by atoms with Crippen LogP contribution < -0.4 is 5.32 Å². The topological polar surface area (TPSA) is 90.1 Å². The Morgan fingerprint density at radius 2 is 2.05 bits per heavy atom. The summed E-state index contributed by atoms with van der Waals surface area (Å²) in [4.78, 5) is 22.5. The predicted octanol–water partition coefficient (Wildman–Crippen LogP) is 1.71. The molecule has 1 aromatic heterocycles. The van der Waals surface area contributed by atoms with E-state index in [0.29, 0.717) is 5.56 Å². The highest BCUT2D eigenvalue weighted by molar-refractivity contribution is 5.96. The van der Waals surface area contributed by atoms with E-state index in [4.69, 9.17) is 0 Å². The van der Waals surface area contributed by atoms with Gasteiger partial charge in [0.25, 0.3) is 5.91 Å². The van der Waals surface area contributed by atoms with Gasteiger partial charge in [-0.1, -0.05) is 12.1 Å². The maximum Gasteiger partial charge on any atom is 0.322 e. The van der Waals surface area contributed by atoms with Gasteiger partial charge in [-0.05, 0) is 24.6 Å². The van der Waals surface area contributed by atoms with Crippen molar-refractivity contribution in [2.45, 2.75) is 13.5 Å². The molecule has 0 aliphatic heterocycles. The molecule has 0 saturated carbocycles. The van der Waals surface area contributed by atoms with Crippen LogP contribution in [0.4, 0.5) is 10.1 Å². The number of nitro groups is 1.